The van der Waals surface area contributed by atoms with Crippen molar-refractivity contribution >= 4 is 0 Å². The lowest BCUT2D eigenvalue weighted by Gasteiger charge is -2.40. The fraction of sp³-hybridized carbons (Fsp3) is 1.00. The van der Waals surface area contributed by atoms with Crippen LogP contribution >= 0.6 is 0 Å². The normalized spacial score (nSPS) is 21.8. The molecule has 1 aliphatic rings. The largest absolute Gasteiger partial charge is 0.374 e. The Kier molecular flexibility index (Phi) is 7.20. The average molecular weight is 256 g/mol. The molecular formula is C15H32N2O. The Morgan fingerprint density at radius 2 is 1.72 bits per heavy atom. The van der Waals surface area contributed by atoms with Gasteiger partial charge in [-0.15, -0.1) is 0 Å². The second kappa shape index (κ2) is 8.13. The molecule has 1 saturated carbocycles. The first kappa shape index (κ1) is 15.9. The molecule has 1 atom stereocenters. The molecule has 0 aromatic rings. The Bertz CT molecular complexity index is 211. The molecule has 0 heterocycles. The van der Waals surface area contributed by atoms with E-state index in [4.69, 9.17) is 10.6 Å². The lowest BCUT2D eigenvalue weighted by atomic mass is 9.83. The van der Waals surface area contributed by atoms with Crippen LogP contribution < -0.4 is 11.3 Å². The lowest BCUT2D eigenvalue weighted by Crippen LogP contribution is -2.55. The van der Waals surface area contributed by atoms with E-state index in [0.717, 1.165) is 31.8 Å². The van der Waals surface area contributed by atoms with Crippen molar-refractivity contribution in [1.29, 1.82) is 0 Å². The van der Waals surface area contributed by atoms with Crippen LogP contribution in [0, 0.1) is 5.92 Å². The first-order chi connectivity index (χ1) is 8.64. The Morgan fingerprint density at radius 3 is 2.17 bits per heavy atom. The zero-order valence-corrected chi connectivity index (χ0v) is 12.5. The third kappa shape index (κ3) is 4.52. The first-order valence-electron chi connectivity index (χ1n) is 7.74. The third-order valence-electron chi connectivity index (χ3n) is 4.25. The van der Waals surface area contributed by atoms with Crippen LogP contribution in [-0.2, 0) is 4.74 Å². The molecule has 1 aliphatic carbocycles. The van der Waals surface area contributed by atoms with Crippen molar-refractivity contribution in [3.05, 3.63) is 0 Å². The van der Waals surface area contributed by atoms with Gasteiger partial charge in [0.05, 0.1) is 11.6 Å². The Morgan fingerprint density at radius 1 is 1.11 bits per heavy atom. The maximum Gasteiger partial charge on any atom is 0.0848 e. The predicted molar refractivity (Wildman–Crippen MR) is 77.2 cm³/mol. The van der Waals surface area contributed by atoms with Crippen molar-refractivity contribution in [3.63, 3.8) is 0 Å². The van der Waals surface area contributed by atoms with Gasteiger partial charge in [-0.05, 0) is 38.5 Å². The summed E-state index contributed by atoms with van der Waals surface area (Å²) in [5, 5.41) is 0. The molecule has 3 heteroatoms. The Balaban J connectivity index is 2.70. The smallest absolute Gasteiger partial charge is 0.0848 e. The van der Waals surface area contributed by atoms with E-state index in [2.05, 4.69) is 26.2 Å². The maximum atomic E-state index is 6.19. The van der Waals surface area contributed by atoms with E-state index >= 15 is 0 Å². The van der Waals surface area contributed by atoms with E-state index in [9.17, 15) is 0 Å². The quantitative estimate of drug-likeness (QED) is 0.417. The molecule has 3 N–H and O–H groups in total. The summed E-state index contributed by atoms with van der Waals surface area (Å²) in [6.07, 6.45) is 9.89. The highest BCUT2D eigenvalue weighted by atomic mass is 16.5. The van der Waals surface area contributed by atoms with Crippen LogP contribution in [0.5, 0.6) is 0 Å². The van der Waals surface area contributed by atoms with Crippen LogP contribution in [0.25, 0.3) is 0 Å². The van der Waals surface area contributed by atoms with Crippen molar-refractivity contribution in [2.75, 3.05) is 6.61 Å². The van der Waals surface area contributed by atoms with Gasteiger partial charge in [0, 0.05) is 6.61 Å². The van der Waals surface area contributed by atoms with Gasteiger partial charge >= 0.3 is 0 Å². The second-order valence-corrected chi connectivity index (χ2v) is 6.10. The molecule has 0 spiro atoms. The standard InChI is InChI=1S/C15H32N2O/c1-4-18-15(11-7-5-6-8-12-15)14(17-16)10-9-13(2)3/h13-14,17H,4-12,16H2,1-3H3. The minimum Gasteiger partial charge on any atom is -0.374 e. The van der Waals surface area contributed by atoms with E-state index in [0.29, 0.717) is 6.04 Å². The van der Waals surface area contributed by atoms with Crippen LogP contribution in [0.3, 0.4) is 0 Å². The molecule has 3 nitrogen and oxygen atoms in total. The van der Waals surface area contributed by atoms with Crippen LogP contribution in [-0.4, -0.2) is 18.2 Å². The minimum absolute atomic E-state index is 0.0190. The molecule has 0 amide bonds. The van der Waals surface area contributed by atoms with Gasteiger partial charge in [-0.1, -0.05) is 39.5 Å². The van der Waals surface area contributed by atoms with E-state index in [-0.39, 0.29) is 5.60 Å². The molecule has 0 radical (unpaired) electrons. The number of nitrogens with two attached hydrogens (primary N) is 1. The van der Waals surface area contributed by atoms with Crippen LogP contribution in [0.15, 0.2) is 0 Å². The summed E-state index contributed by atoms with van der Waals surface area (Å²) < 4.78 is 6.19. The maximum absolute atomic E-state index is 6.19. The second-order valence-electron chi connectivity index (χ2n) is 6.10. The highest BCUT2D eigenvalue weighted by molar-refractivity contribution is 4.93. The molecule has 0 saturated heterocycles. The van der Waals surface area contributed by atoms with Crippen molar-refractivity contribution < 1.29 is 4.74 Å². The molecular weight excluding hydrogens is 224 g/mol. The minimum atomic E-state index is -0.0190. The van der Waals surface area contributed by atoms with Gasteiger partial charge in [0.25, 0.3) is 0 Å². The van der Waals surface area contributed by atoms with Crippen LogP contribution in [0.1, 0.15) is 72.1 Å². The lowest BCUT2D eigenvalue weighted by molar-refractivity contribution is -0.0794. The van der Waals surface area contributed by atoms with E-state index in [1.54, 1.807) is 0 Å². The predicted octanol–water partition coefficient (Wildman–Crippen LogP) is 3.38. The molecule has 1 fully saturated rings. The fourth-order valence-corrected chi connectivity index (χ4v) is 3.21. The topological polar surface area (TPSA) is 47.3 Å². The summed E-state index contributed by atoms with van der Waals surface area (Å²) >= 11 is 0. The van der Waals surface area contributed by atoms with Crippen molar-refractivity contribution in [2.24, 2.45) is 11.8 Å². The molecule has 0 bridgehead atoms. The van der Waals surface area contributed by atoms with Gasteiger partial charge < -0.3 is 4.74 Å². The summed E-state index contributed by atoms with van der Waals surface area (Å²) in [6.45, 7) is 7.44. The Labute approximate surface area is 113 Å². The summed E-state index contributed by atoms with van der Waals surface area (Å²) in [4.78, 5) is 0. The van der Waals surface area contributed by atoms with Gasteiger partial charge in [0.1, 0.15) is 0 Å². The SMILES string of the molecule is CCOC1(C(CCC(C)C)NN)CCCCCC1. The summed E-state index contributed by atoms with van der Waals surface area (Å²) in [5.41, 5.74) is 3.04. The number of nitrogens with one attached hydrogen (secondary N) is 1. The summed E-state index contributed by atoms with van der Waals surface area (Å²) in [7, 11) is 0. The van der Waals surface area contributed by atoms with Crippen molar-refractivity contribution in [3.8, 4) is 0 Å². The Hall–Kier alpha value is -0.120. The number of hydrogen-bond donors (Lipinski definition) is 2. The van der Waals surface area contributed by atoms with Gasteiger partial charge in [-0.3, -0.25) is 11.3 Å². The van der Waals surface area contributed by atoms with Crippen molar-refractivity contribution in [2.45, 2.75) is 83.8 Å². The van der Waals surface area contributed by atoms with E-state index in [1.807, 2.05) is 0 Å². The molecule has 1 unspecified atom stereocenters. The number of hydrogen-bond acceptors (Lipinski definition) is 3. The number of hydrazine groups is 1. The molecule has 0 aromatic heterocycles. The van der Waals surface area contributed by atoms with Gasteiger partial charge in [0.2, 0.25) is 0 Å². The summed E-state index contributed by atoms with van der Waals surface area (Å²) in [6, 6.07) is 0.304. The van der Waals surface area contributed by atoms with Gasteiger partial charge in [0.15, 0.2) is 0 Å². The average Bonchev–Trinajstić information content (AvgIpc) is 2.56. The monoisotopic (exact) mass is 256 g/mol. The van der Waals surface area contributed by atoms with Crippen LogP contribution in [0.4, 0.5) is 0 Å². The van der Waals surface area contributed by atoms with Gasteiger partial charge in [-0.2, -0.15) is 0 Å². The zero-order chi connectivity index (χ0) is 13.4. The summed E-state index contributed by atoms with van der Waals surface area (Å²) in [5.74, 6) is 6.55. The highest BCUT2D eigenvalue weighted by Crippen LogP contribution is 2.35. The molecule has 0 aromatic carbocycles. The fourth-order valence-electron chi connectivity index (χ4n) is 3.21. The van der Waals surface area contributed by atoms with E-state index < -0.39 is 0 Å². The van der Waals surface area contributed by atoms with Crippen LogP contribution in [0.2, 0.25) is 0 Å². The number of rotatable bonds is 7. The van der Waals surface area contributed by atoms with Crippen molar-refractivity contribution in [1.82, 2.24) is 5.43 Å². The molecule has 108 valence electrons. The molecule has 0 aliphatic heterocycles. The first-order valence-corrected chi connectivity index (χ1v) is 7.74. The highest BCUT2D eigenvalue weighted by Gasteiger charge is 2.39. The zero-order valence-electron chi connectivity index (χ0n) is 12.5. The third-order valence-corrected chi connectivity index (χ3v) is 4.25. The number of ether oxygens (including phenoxy) is 1. The molecule has 18 heavy (non-hydrogen) atoms. The molecule has 1 rings (SSSR count). The van der Waals surface area contributed by atoms with E-state index in [1.165, 1.54) is 32.1 Å². The van der Waals surface area contributed by atoms with Gasteiger partial charge in [-0.25, -0.2) is 0 Å².